The van der Waals surface area contributed by atoms with Crippen molar-refractivity contribution in [3.63, 3.8) is 0 Å². The van der Waals surface area contributed by atoms with Crippen LogP contribution >= 0.6 is 0 Å². The van der Waals surface area contributed by atoms with Crippen LogP contribution in [-0.2, 0) is 0 Å². The van der Waals surface area contributed by atoms with Crippen molar-refractivity contribution in [3.05, 3.63) is 0 Å². The first-order valence-electron chi connectivity index (χ1n) is 4.81. The van der Waals surface area contributed by atoms with Gasteiger partial charge < -0.3 is 5.11 Å². The lowest BCUT2D eigenvalue weighted by Gasteiger charge is -2.10. The molecule has 0 amide bonds. The molecule has 0 aliphatic heterocycles. The largest absolute Gasteiger partial charge is 0.396 e. The summed E-state index contributed by atoms with van der Waals surface area (Å²) in [5, 5.41) is 8.76. The summed E-state index contributed by atoms with van der Waals surface area (Å²) in [5.41, 5.74) is 0. The van der Waals surface area contributed by atoms with Gasteiger partial charge >= 0.3 is 0 Å². The number of hydrogen-bond donors (Lipinski definition) is 1. The van der Waals surface area contributed by atoms with Crippen molar-refractivity contribution in [2.75, 3.05) is 6.61 Å². The molecule has 68 valence electrons. The van der Waals surface area contributed by atoms with E-state index in [0.29, 0.717) is 12.5 Å². The van der Waals surface area contributed by atoms with E-state index in [1.807, 2.05) is 0 Å². The zero-order chi connectivity index (χ0) is 8.69. The SMILES string of the molecule is CC[C@H](C)CCCC(C)CO. The van der Waals surface area contributed by atoms with Crippen LogP contribution in [0.15, 0.2) is 0 Å². The Morgan fingerprint density at radius 3 is 2.09 bits per heavy atom. The Balaban J connectivity index is 3.13. The highest BCUT2D eigenvalue weighted by molar-refractivity contribution is 4.54. The van der Waals surface area contributed by atoms with E-state index in [1.54, 1.807) is 0 Å². The smallest absolute Gasteiger partial charge is 0.0456 e. The second kappa shape index (κ2) is 6.66. The first-order valence-corrected chi connectivity index (χ1v) is 4.81. The lowest BCUT2D eigenvalue weighted by molar-refractivity contribution is 0.225. The van der Waals surface area contributed by atoms with Gasteiger partial charge in [-0.25, -0.2) is 0 Å². The standard InChI is InChI=1S/C10H22O/c1-4-9(2)6-5-7-10(3)8-11/h9-11H,4-8H2,1-3H3/t9-,10?/m0/s1. The van der Waals surface area contributed by atoms with E-state index in [9.17, 15) is 0 Å². The Hall–Kier alpha value is -0.0400. The van der Waals surface area contributed by atoms with Gasteiger partial charge in [0.1, 0.15) is 0 Å². The Morgan fingerprint density at radius 2 is 1.64 bits per heavy atom. The highest BCUT2D eigenvalue weighted by atomic mass is 16.3. The van der Waals surface area contributed by atoms with Crippen molar-refractivity contribution in [1.29, 1.82) is 0 Å². The minimum atomic E-state index is 0.348. The summed E-state index contributed by atoms with van der Waals surface area (Å²) in [6.07, 6.45) is 5.06. The number of rotatable bonds is 6. The fraction of sp³-hybridized carbons (Fsp3) is 1.00. The normalized spacial score (nSPS) is 16.4. The summed E-state index contributed by atoms with van der Waals surface area (Å²) < 4.78 is 0. The van der Waals surface area contributed by atoms with Gasteiger partial charge in [0.25, 0.3) is 0 Å². The van der Waals surface area contributed by atoms with Crippen LogP contribution in [0.5, 0.6) is 0 Å². The van der Waals surface area contributed by atoms with Crippen molar-refractivity contribution in [2.45, 2.75) is 46.5 Å². The molecular weight excluding hydrogens is 136 g/mol. The number of aliphatic hydroxyl groups is 1. The molecule has 11 heavy (non-hydrogen) atoms. The lowest BCUT2D eigenvalue weighted by atomic mass is 9.98. The van der Waals surface area contributed by atoms with Crippen molar-refractivity contribution in [3.8, 4) is 0 Å². The van der Waals surface area contributed by atoms with Gasteiger partial charge in [-0.1, -0.05) is 40.0 Å². The van der Waals surface area contributed by atoms with Crippen molar-refractivity contribution >= 4 is 0 Å². The van der Waals surface area contributed by atoms with Gasteiger partial charge in [0, 0.05) is 6.61 Å². The minimum Gasteiger partial charge on any atom is -0.396 e. The van der Waals surface area contributed by atoms with Gasteiger partial charge in [-0.05, 0) is 18.3 Å². The van der Waals surface area contributed by atoms with Gasteiger partial charge in [-0.15, -0.1) is 0 Å². The van der Waals surface area contributed by atoms with E-state index in [-0.39, 0.29) is 0 Å². The second-order valence-corrected chi connectivity index (χ2v) is 3.73. The van der Waals surface area contributed by atoms with E-state index in [2.05, 4.69) is 20.8 Å². The van der Waals surface area contributed by atoms with Crippen molar-refractivity contribution in [1.82, 2.24) is 0 Å². The van der Waals surface area contributed by atoms with Gasteiger partial charge in [0.2, 0.25) is 0 Å². The third-order valence-corrected chi connectivity index (χ3v) is 2.40. The second-order valence-electron chi connectivity index (χ2n) is 3.73. The summed E-state index contributed by atoms with van der Waals surface area (Å²) >= 11 is 0. The van der Waals surface area contributed by atoms with Crippen LogP contribution in [0, 0.1) is 11.8 Å². The highest BCUT2D eigenvalue weighted by Crippen LogP contribution is 2.14. The average molecular weight is 158 g/mol. The maximum atomic E-state index is 8.76. The average Bonchev–Trinajstić information content (AvgIpc) is 2.04. The monoisotopic (exact) mass is 158 g/mol. The van der Waals surface area contributed by atoms with Gasteiger partial charge in [-0.2, -0.15) is 0 Å². The van der Waals surface area contributed by atoms with E-state index in [0.717, 1.165) is 5.92 Å². The Bertz CT molecular complexity index is 70.9. The Morgan fingerprint density at radius 1 is 1.09 bits per heavy atom. The van der Waals surface area contributed by atoms with E-state index >= 15 is 0 Å². The van der Waals surface area contributed by atoms with Crippen LogP contribution in [0.1, 0.15) is 46.5 Å². The molecule has 1 unspecified atom stereocenters. The molecule has 0 fully saturated rings. The van der Waals surface area contributed by atoms with Crippen LogP contribution in [-0.4, -0.2) is 11.7 Å². The molecule has 0 aromatic heterocycles. The van der Waals surface area contributed by atoms with Crippen LogP contribution in [0.3, 0.4) is 0 Å². The fourth-order valence-corrected chi connectivity index (χ4v) is 1.11. The van der Waals surface area contributed by atoms with Crippen LogP contribution in [0.2, 0.25) is 0 Å². The molecule has 0 heterocycles. The third kappa shape index (κ3) is 6.36. The van der Waals surface area contributed by atoms with Crippen LogP contribution < -0.4 is 0 Å². The van der Waals surface area contributed by atoms with E-state index < -0.39 is 0 Å². The maximum absolute atomic E-state index is 8.76. The number of aliphatic hydroxyl groups excluding tert-OH is 1. The Labute approximate surface area is 70.8 Å². The van der Waals surface area contributed by atoms with Gasteiger partial charge in [0.05, 0.1) is 0 Å². The summed E-state index contributed by atoms with van der Waals surface area (Å²) in [7, 11) is 0. The van der Waals surface area contributed by atoms with E-state index in [4.69, 9.17) is 5.11 Å². The minimum absolute atomic E-state index is 0.348. The summed E-state index contributed by atoms with van der Waals surface area (Å²) in [4.78, 5) is 0. The molecule has 1 nitrogen and oxygen atoms in total. The predicted molar refractivity (Wildman–Crippen MR) is 49.6 cm³/mol. The van der Waals surface area contributed by atoms with Crippen molar-refractivity contribution < 1.29 is 5.11 Å². The maximum Gasteiger partial charge on any atom is 0.0456 e. The molecule has 0 rings (SSSR count). The molecule has 0 aliphatic rings. The molecule has 0 saturated heterocycles. The lowest BCUT2D eigenvalue weighted by Crippen LogP contribution is -2.01. The molecule has 0 aromatic rings. The first kappa shape index (κ1) is 11.0. The fourth-order valence-electron chi connectivity index (χ4n) is 1.11. The topological polar surface area (TPSA) is 20.2 Å². The third-order valence-electron chi connectivity index (χ3n) is 2.40. The van der Waals surface area contributed by atoms with Gasteiger partial charge in [-0.3, -0.25) is 0 Å². The Kier molecular flexibility index (Phi) is 6.63. The van der Waals surface area contributed by atoms with Crippen LogP contribution in [0.25, 0.3) is 0 Å². The summed E-state index contributed by atoms with van der Waals surface area (Å²) in [6, 6.07) is 0. The molecule has 0 saturated carbocycles. The molecule has 0 spiro atoms. The van der Waals surface area contributed by atoms with E-state index in [1.165, 1.54) is 25.7 Å². The summed E-state index contributed by atoms with van der Waals surface area (Å²) in [6.45, 7) is 6.99. The zero-order valence-corrected chi connectivity index (χ0v) is 8.14. The molecular formula is C10H22O. The summed E-state index contributed by atoms with van der Waals surface area (Å²) in [5.74, 6) is 1.36. The first-order chi connectivity index (χ1) is 5.20. The zero-order valence-electron chi connectivity index (χ0n) is 8.14. The molecule has 0 aliphatic carbocycles. The molecule has 0 aromatic carbocycles. The quantitative estimate of drug-likeness (QED) is 0.630. The van der Waals surface area contributed by atoms with Crippen LogP contribution in [0.4, 0.5) is 0 Å². The molecule has 0 bridgehead atoms. The molecule has 2 atom stereocenters. The molecule has 1 heteroatoms. The van der Waals surface area contributed by atoms with Crippen molar-refractivity contribution in [2.24, 2.45) is 11.8 Å². The molecule has 1 N–H and O–H groups in total. The number of hydrogen-bond acceptors (Lipinski definition) is 1. The highest BCUT2D eigenvalue weighted by Gasteiger charge is 2.02. The predicted octanol–water partition coefficient (Wildman–Crippen LogP) is 2.83. The van der Waals surface area contributed by atoms with Gasteiger partial charge in [0.15, 0.2) is 0 Å². The molecule has 0 radical (unpaired) electrons.